The number of thiophene rings is 1. The van der Waals surface area contributed by atoms with Gasteiger partial charge in [-0.15, -0.1) is 11.3 Å². The lowest BCUT2D eigenvalue weighted by Crippen LogP contribution is -2.42. The van der Waals surface area contributed by atoms with Gasteiger partial charge in [0.25, 0.3) is 5.91 Å². The molecule has 0 spiro atoms. The summed E-state index contributed by atoms with van der Waals surface area (Å²) < 4.78 is 0. The minimum Gasteiger partial charge on any atom is -0.550 e. The Hall–Kier alpha value is -2.64. The molecular formula is C20H16ClN2O4S-. The molecule has 1 aromatic heterocycles. The molecule has 2 N–H and O–H groups in total. The van der Waals surface area contributed by atoms with Crippen LogP contribution in [0.25, 0.3) is 0 Å². The number of hydrogen-bond donors (Lipinski definition) is 2. The number of hydrogen-bond acceptors (Lipinski definition) is 5. The van der Waals surface area contributed by atoms with Gasteiger partial charge in [0, 0.05) is 17.6 Å². The predicted molar refractivity (Wildman–Crippen MR) is 105 cm³/mol. The number of amides is 2. The topological polar surface area (TPSA) is 98.3 Å². The normalized spacial score (nSPS) is 24.9. The van der Waals surface area contributed by atoms with Crippen molar-refractivity contribution in [3.8, 4) is 0 Å². The van der Waals surface area contributed by atoms with E-state index in [0.717, 1.165) is 0 Å². The Morgan fingerprint density at radius 3 is 2.50 bits per heavy atom. The summed E-state index contributed by atoms with van der Waals surface area (Å²) in [5, 5.41) is 19.1. The van der Waals surface area contributed by atoms with Gasteiger partial charge >= 0.3 is 0 Å². The van der Waals surface area contributed by atoms with Gasteiger partial charge in [0.05, 0.1) is 21.5 Å². The molecule has 0 radical (unpaired) electrons. The average molecular weight is 416 g/mol. The largest absolute Gasteiger partial charge is 0.550 e. The first-order valence-corrected chi connectivity index (χ1v) is 10.0. The maximum absolute atomic E-state index is 12.8. The van der Waals surface area contributed by atoms with Crippen LogP contribution in [0, 0.1) is 23.7 Å². The van der Waals surface area contributed by atoms with Crippen LogP contribution < -0.4 is 15.7 Å². The molecule has 2 bridgehead atoms. The third-order valence-electron chi connectivity index (χ3n) is 5.26. The van der Waals surface area contributed by atoms with E-state index in [9.17, 15) is 19.5 Å². The number of carbonyl (C=O) groups excluding carboxylic acids is 3. The quantitative estimate of drug-likeness (QED) is 0.733. The van der Waals surface area contributed by atoms with Crippen molar-refractivity contribution in [3.63, 3.8) is 0 Å². The molecular weight excluding hydrogens is 400 g/mol. The fourth-order valence-electron chi connectivity index (χ4n) is 4.02. The van der Waals surface area contributed by atoms with Crippen molar-refractivity contribution >= 4 is 52.1 Å². The van der Waals surface area contributed by atoms with Crippen LogP contribution in [0.3, 0.4) is 0 Å². The summed E-state index contributed by atoms with van der Waals surface area (Å²) in [6, 6.07) is 8.20. The molecule has 1 saturated carbocycles. The molecule has 4 rings (SSSR count). The highest BCUT2D eigenvalue weighted by molar-refractivity contribution is 7.12. The third-order valence-corrected chi connectivity index (χ3v) is 6.46. The van der Waals surface area contributed by atoms with E-state index in [2.05, 4.69) is 10.6 Å². The molecule has 0 unspecified atom stereocenters. The summed E-state index contributed by atoms with van der Waals surface area (Å²) in [6.07, 6.45) is 4.41. The van der Waals surface area contributed by atoms with Crippen molar-refractivity contribution in [1.82, 2.24) is 0 Å². The lowest BCUT2D eigenvalue weighted by Gasteiger charge is -2.27. The van der Waals surface area contributed by atoms with Crippen LogP contribution in [0.2, 0.25) is 5.02 Å². The first-order valence-electron chi connectivity index (χ1n) is 8.78. The number of nitrogens with one attached hydrogen (secondary N) is 2. The molecule has 2 amide bonds. The third kappa shape index (κ3) is 3.43. The average Bonchev–Trinajstić information content (AvgIpc) is 3.40. The Labute approximate surface area is 170 Å². The summed E-state index contributed by atoms with van der Waals surface area (Å²) in [4.78, 5) is 37.1. The summed E-state index contributed by atoms with van der Waals surface area (Å²) >= 11 is 7.47. The van der Waals surface area contributed by atoms with Gasteiger partial charge in [-0.05, 0) is 47.9 Å². The van der Waals surface area contributed by atoms with Gasteiger partial charge in [0.1, 0.15) is 0 Å². The second kappa shape index (κ2) is 7.41. The Kier molecular flexibility index (Phi) is 4.95. The Balaban J connectivity index is 1.51. The van der Waals surface area contributed by atoms with Gasteiger partial charge in [-0.2, -0.15) is 0 Å². The van der Waals surface area contributed by atoms with Gasteiger partial charge in [-0.25, -0.2) is 0 Å². The molecule has 1 aromatic carbocycles. The predicted octanol–water partition coefficient (Wildman–Crippen LogP) is 2.78. The monoisotopic (exact) mass is 415 g/mol. The van der Waals surface area contributed by atoms with E-state index in [0.29, 0.717) is 27.7 Å². The molecule has 2 aliphatic carbocycles. The zero-order valence-corrected chi connectivity index (χ0v) is 16.1. The highest BCUT2D eigenvalue weighted by Gasteiger charge is 2.48. The van der Waals surface area contributed by atoms with Crippen molar-refractivity contribution in [3.05, 3.63) is 57.8 Å². The molecule has 1 fully saturated rings. The number of carboxylic acids is 1. The van der Waals surface area contributed by atoms with Crippen molar-refractivity contribution in [2.45, 2.75) is 6.42 Å². The standard InChI is InChI=1S/C20H17ClN2O4S/c21-13-6-5-12(9-14(13)23-18(24)15-2-1-7-28-15)22-19(25)16-10-3-4-11(8-10)17(16)20(26)27/h1-7,9-11,16-17H,8H2,(H,22,25)(H,23,24)(H,26,27)/p-1/t10-,11+,16+,17-/m0/s1. The fourth-order valence-corrected chi connectivity index (χ4v) is 4.80. The minimum atomic E-state index is -1.20. The highest BCUT2D eigenvalue weighted by atomic mass is 35.5. The van der Waals surface area contributed by atoms with Gasteiger partial charge in [-0.3, -0.25) is 9.59 Å². The van der Waals surface area contributed by atoms with E-state index in [4.69, 9.17) is 11.6 Å². The molecule has 8 heteroatoms. The van der Waals surface area contributed by atoms with E-state index >= 15 is 0 Å². The first-order chi connectivity index (χ1) is 13.4. The number of carboxylic acid groups (broad SMARTS) is 1. The van der Waals surface area contributed by atoms with E-state index in [1.165, 1.54) is 11.3 Å². The molecule has 0 aliphatic heterocycles. The molecule has 2 aliphatic rings. The van der Waals surface area contributed by atoms with Crippen molar-refractivity contribution in [2.24, 2.45) is 23.7 Å². The lowest BCUT2D eigenvalue weighted by atomic mass is 9.82. The zero-order valence-electron chi connectivity index (χ0n) is 14.6. The van der Waals surface area contributed by atoms with Crippen molar-refractivity contribution < 1.29 is 19.5 Å². The fraction of sp³-hybridized carbons (Fsp3) is 0.250. The summed E-state index contributed by atoms with van der Waals surface area (Å²) in [5.74, 6) is -3.61. The molecule has 6 nitrogen and oxygen atoms in total. The number of carbonyl (C=O) groups is 3. The molecule has 2 aromatic rings. The van der Waals surface area contributed by atoms with Crippen LogP contribution >= 0.6 is 22.9 Å². The number of fused-ring (bicyclic) bond motifs is 2. The second-order valence-electron chi connectivity index (χ2n) is 6.93. The first kappa shape index (κ1) is 18.7. The Bertz CT molecular complexity index is 973. The molecule has 1 heterocycles. The molecule has 144 valence electrons. The number of anilines is 2. The van der Waals surface area contributed by atoms with Gasteiger partial charge < -0.3 is 20.5 Å². The second-order valence-corrected chi connectivity index (χ2v) is 8.29. The van der Waals surface area contributed by atoms with Gasteiger partial charge in [0.15, 0.2) is 0 Å². The van der Waals surface area contributed by atoms with Gasteiger partial charge in [-0.1, -0.05) is 29.8 Å². The summed E-state index contributed by atoms with van der Waals surface area (Å²) in [5.41, 5.74) is 0.793. The summed E-state index contributed by atoms with van der Waals surface area (Å²) in [7, 11) is 0. The zero-order chi connectivity index (χ0) is 19.8. The van der Waals surface area contributed by atoms with E-state index in [1.807, 2.05) is 12.2 Å². The maximum Gasteiger partial charge on any atom is 0.265 e. The summed E-state index contributed by atoms with van der Waals surface area (Å²) in [6.45, 7) is 0. The van der Waals surface area contributed by atoms with E-state index < -0.39 is 17.8 Å². The molecule has 4 atom stereocenters. The van der Waals surface area contributed by atoms with Crippen LogP contribution in [-0.4, -0.2) is 17.8 Å². The number of rotatable bonds is 5. The lowest BCUT2D eigenvalue weighted by molar-refractivity contribution is -0.313. The molecule has 28 heavy (non-hydrogen) atoms. The van der Waals surface area contributed by atoms with Crippen LogP contribution in [0.15, 0.2) is 47.9 Å². The molecule has 0 saturated heterocycles. The van der Waals surface area contributed by atoms with E-state index in [-0.39, 0.29) is 23.7 Å². The van der Waals surface area contributed by atoms with Crippen LogP contribution in [-0.2, 0) is 9.59 Å². The Morgan fingerprint density at radius 1 is 1.07 bits per heavy atom. The van der Waals surface area contributed by atoms with Crippen LogP contribution in [0.1, 0.15) is 16.1 Å². The number of allylic oxidation sites excluding steroid dienone is 2. The minimum absolute atomic E-state index is 0.0989. The smallest absolute Gasteiger partial charge is 0.265 e. The maximum atomic E-state index is 12.8. The van der Waals surface area contributed by atoms with Crippen molar-refractivity contribution in [1.29, 1.82) is 0 Å². The number of aliphatic carboxylic acids is 1. The number of halogens is 1. The Morgan fingerprint density at radius 2 is 1.82 bits per heavy atom. The number of benzene rings is 1. The van der Waals surface area contributed by atoms with Crippen LogP contribution in [0.4, 0.5) is 11.4 Å². The highest BCUT2D eigenvalue weighted by Crippen LogP contribution is 2.48. The van der Waals surface area contributed by atoms with Crippen molar-refractivity contribution in [2.75, 3.05) is 10.6 Å². The van der Waals surface area contributed by atoms with Gasteiger partial charge in [0.2, 0.25) is 5.91 Å². The van der Waals surface area contributed by atoms with E-state index in [1.54, 1.807) is 35.7 Å². The SMILES string of the molecule is O=C(Nc1cc(NC(=O)[C@H]2[C@@H](C(=O)[O-])[C@@H]3C=C[C@H]2C3)ccc1Cl)c1cccs1. The van der Waals surface area contributed by atoms with Crippen LogP contribution in [0.5, 0.6) is 0 Å².